The Kier molecular flexibility index (Phi) is 5.39. The van der Waals surface area contributed by atoms with Crippen molar-refractivity contribution in [1.82, 2.24) is 10.3 Å². The van der Waals surface area contributed by atoms with Gasteiger partial charge in [0.1, 0.15) is 0 Å². The molecule has 0 aliphatic heterocycles. The Hall–Kier alpha value is -0.840. The molecule has 0 radical (unpaired) electrons. The van der Waals surface area contributed by atoms with Crippen LogP contribution in [-0.4, -0.2) is 29.5 Å². The fourth-order valence-electron chi connectivity index (χ4n) is 1.76. The summed E-state index contributed by atoms with van der Waals surface area (Å²) in [5, 5.41) is 6.25. The zero-order valence-electron chi connectivity index (χ0n) is 8.62. The van der Waals surface area contributed by atoms with E-state index in [0.29, 0.717) is 0 Å². The number of carbonyl (C=O) groups is 1. The van der Waals surface area contributed by atoms with E-state index in [-0.39, 0.29) is 18.5 Å². The van der Waals surface area contributed by atoms with E-state index in [1.165, 1.54) is 6.42 Å². The lowest BCUT2D eigenvalue weighted by Gasteiger charge is -2.24. The Morgan fingerprint density at radius 1 is 1.40 bits per heavy atom. The van der Waals surface area contributed by atoms with Gasteiger partial charge < -0.3 is 5.32 Å². The molecule has 0 spiro atoms. The Labute approximate surface area is 94.1 Å². The third-order valence-electron chi connectivity index (χ3n) is 2.56. The van der Waals surface area contributed by atoms with Crippen molar-refractivity contribution in [3.63, 3.8) is 0 Å². The number of nitroso groups, excluding NO2 is 1. The van der Waals surface area contributed by atoms with Crippen molar-refractivity contribution >= 4 is 17.6 Å². The maximum atomic E-state index is 11.5. The molecule has 1 aliphatic carbocycles. The van der Waals surface area contributed by atoms with Crippen molar-refractivity contribution in [2.75, 3.05) is 12.4 Å². The van der Waals surface area contributed by atoms with Gasteiger partial charge in [0.15, 0.2) is 0 Å². The molecule has 0 aromatic rings. The van der Waals surface area contributed by atoms with Crippen molar-refractivity contribution in [1.29, 1.82) is 0 Å². The second kappa shape index (κ2) is 6.61. The number of carbonyl (C=O) groups excluding carboxylic acids is 1. The van der Waals surface area contributed by atoms with Crippen LogP contribution in [0.1, 0.15) is 32.1 Å². The van der Waals surface area contributed by atoms with Gasteiger partial charge in [-0.15, -0.1) is 16.5 Å². The van der Waals surface area contributed by atoms with E-state index < -0.39 is 6.03 Å². The van der Waals surface area contributed by atoms with Gasteiger partial charge in [-0.05, 0) is 12.8 Å². The molecule has 6 heteroatoms. The van der Waals surface area contributed by atoms with Crippen molar-refractivity contribution in [2.45, 2.75) is 38.1 Å². The number of halogens is 1. The summed E-state index contributed by atoms with van der Waals surface area (Å²) >= 11 is 5.44. The molecule has 86 valence electrons. The molecule has 0 aromatic heterocycles. The molecule has 1 rings (SSSR count). The van der Waals surface area contributed by atoms with Crippen LogP contribution in [0.4, 0.5) is 4.79 Å². The number of amides is 2. The molecule has 0 atom stereocenters. The summed E-state index contributed by atoms with van der Waals surface area (Å²) in [6, 6.07) is -0.247. The summed E-state index contributed by atoms with van der Waals surface area (Å²) in [5.41, 5.74) is 0. The maximum Gasteiger partial charge on any atom is 0.340 e. The van der Waals surface area contributed by atoms with Crippen molar-refractivity contribution in [2.24, 2.45) is 5.29 Å². The number of rotatable bonds is 4. The number of hydrogen-bond donors (Lipinski definition) is 1. The molecule has 0 bridgehead atoms. The first kappa shape index (κ1) is 12.2. The zero-order chi connectivity index (χ0) is 11.1. The predicted molar refractivity (Wildman–Crippen MR) is 58.6 cm³/mol. The quantitative estimate of drug-likeness (QED) is 0.352. The van der Waals surface area contributed by atoms with E-state index >= 15 is 0 Å². The molecule has 2 amide bonds. The molecule has 5 nitrogen and oxygen atoms in total. The lowest BCUT2D eigenvalue weighted by atomic mass is 9.97. The minimum absolute atomic E-state index is 0.156. The molecule has 0 aromatic carbocycles. The summed E-state index contributed by atoms with van der Waals surface area (Å²) in [7, 11) is 0. The third kappa shape index (κ3) is 4.03. The van der Waals surface area contributed by atoms with Gasteiger partial charge >= 0.3 is 6.03 Å². The minimum Gasteiger partial charge on any atom is -0.334 e. The highest BCUT2D eigenvalue weighted by Crippen LogP contribution is 2.17. The van der Waals surface area contributed by atoms with Gasteiger partial charge in [0.05, 0.1) is 11.8 Å². The first-order valence-electron chi connectivity index (χ1n) is 5.25. The highest BCUT2D eigenvalue weighted by molar-refractivity contribution is 6.18. The normalized spacial score (nSPS) is 17.1. The molecular weight excluding hydrogens is 220 g/mol. The summed E-state index contributed by atoms with van der Waals surface area (Å²) in [6.45, 7) is 0.156. The average molecular weight is 236 g/mol. The van der Waals surface area contributed by atoms with Crippen LogP contribution >= 0.6 is 11.6 Å². The lowest BCUT2D eigenvalue weighted by Crippen LogP contribution is -2.43. The van der Waals surface area contributed by atoms with Crippen LogP contribution in [0, 0.1) is 4.91 Å². The number of nitrogens with zero attached hydrogens (tertiary/aromatic N) is 2. The maximum absolute atomic E-state index is 11.5. The van der Waals surface area contributed by atoms with Crippen molar-refractivity contribution in [3.05, 3.63) is 4.91 Å². The predicted octanol–water partition coefficient (Wildman–Crippen LogP) is 2.25. The fraction of sp³-hybridized carbons (Fsp3) is 0.889. The Morgan fingerprint density at radius 2 is 2.07 bits per heavy atom. The summed E-state index contributed by atoms with van der Waals surface area (Å²) in [4.78, 5) is 21.8. The second-order valence-corrected chi connectivity index (χ2v) is 4.06. The van der Waals surface area contributed by atoms with Gasteiger partial charge in [-0.3, -0.25) is 0 Å². The van der Waals surface area contributed by atoms with Crippen LogP contribution in [0.15, 0.2) is 5.29 Å². The Morgan fingerprint density at radius 3 is 2.60 bits per heavy atom. The molecule has 1 fully saturated rings. The lowest BCUT2D eigenvalue weighted by molar-refractivity contribution is 0.194. The molecule has 0 saturated heterocycles. The molecule has 1 N–H and O–H groups in total. The standard InChI is InChI=1S/C9H16ClN3O2/c10-6-7-13(12-15)9(14)11-8-4-2-1-3-5-8/h8H,1-7H2,(H,11,14)/i11+1,12+1. The number of alkyl halides is 1. The van der Waals surface area contributed by atoms with E-state index in [1.807, 2.05) is 0 Å². The molecule has 1 saturated carbocycles. The third-order valence-corrected chi connectivity index (χ3v) is 2.73. The van der Waals surface area contributed by atoms with E-state index in [4.69, 9.17) is 11.6 Å². The van der Waals surface area contributed by atoms with Crippen molar-refractivity contribution in [3.8, 4) is 0 Å². The topological polar surface area (TPSA) is 61.8 Å². The highest BCUT2D eigenvalue weighted by atomic mass is 35.5. The van der Waals surface area contributed by atoms with Gasteiger partial charge in [-0.1, -0.05) is 19.3 Å². The first-order valence-corrected chi connectivity index (χ1v) is 5.78. The summed E-state index contributed by atoms with van der Waals surface area (Å²) < 4.78 is 0. The number of nitrogens with one attached hydrogen (secondary N) is 1. The van der Waals surface area contributed by atoms with E-state index in [1.54, 1.807) is 0 Å². The first-order chi connectivity index (χ1) is 7.27. The average Bonchev–Trinajstić information content (AvgIpc) is 2.27. The molecule has 0 unspecified atom stereocenters. The van der Waals surface area contributed by atoms with Crippen LogP contribution in [0.3, 0.4) is 0 Å². The van der Waals surface area contributed by atoms with Gasteiger partial charge in [0.25, 0.3) is 0 Å². The van der Waals surface area contributed by atoms with Crippen LogP contribution in [0.2, 0.25) is 0 Å². The minimum atomic E-state index is -0.433. The molecule has 1 aliphatic rings. The van der Waals surface area contributed by atoms with Gasteiger partial charge in [0, 0.05) is 11.9 Å². The Bertz CT molecular complexity index is 219. The zero-order valence-corrected chi connectivity index (χ0v) is 9.37. The van der Waals surface area contributed by atoms with Gasteiger partial charge in [-0.2, -0.15) is 5.01 Å². The largest absolute Gasteiger partial charge is 0.340 e. The van der Waals surface area contributed by atoms with Gasteiger partial charge in [-0.25, -0.2) is 4.79 Å². The van der Waals surface area contributed by atoms with E-state index in [2.05, 4.69) is 10.6 Å². The number of urea groups is 1. The Balaban J connectivity index is 2.34. The number of hydrogen-bond acceptors (Lipinski definition) is 3. The van der Waals surface area contributed by atoms with Crippen molar-refractivity contribution < 1.29 is 4.79 Å². The smallest absolute Gasteiger partial charge is 0.334 e. The SMILES string of the molecule is O=[15N]N(CCCl)C(=O)[15NH]C1CCCCC1. The molecule has 0 heterocycles. The molecule has 15 heavy (non-hydrogen) atoms. The monoisotopic (exact) mass is 235 g/mol. The highest BCUT2D eigenvalue weighted by Gasteiger charge is 2.19. The van der Waals surface area contributed by atoms with Crippen LogP contribution < -0.4 is 5.32 Å². The van der Waals surface area contributed by atoms with E-state index in [0.717, 1.165) is 30.7 Å². The van der Waals surface area contributed by atoms with Crippen LogP contribution in [-0.2, 0) is 0 Å². The summed E-state index contributed by atoms with van der Waals surface area (Å²) in [5.74, 6) is 0.212. The summed E-state index contributed by atoms with van der Waals surface area (Å²) in [6.07, 6.45) is 5.46. The molecular formula is C9H16ClN3O2. The second-order valence-electron chi connectivity index (χ2n) is 3.68. The van der Waals surface area contributed by atoms with Crippen LogP contribution in [0.25, 0.3) is 0 Å². The van der Waals surface area contributed by atoms with E-state index in [9.17, 15) is 9.70 Å². The van der Waals surface area contributed by atoms with Gasteiger partial charge in [0.2, 0.25) is 0 Å². The fourth-order valence-corrected chi connectivity index (χ4v) is 1.92. The van der Waals surface area contributed by atoms with Crippen LogP contribution in [0.5, 0.6) is 0 Å².